The summed E-state index contributed by atoms with van der Waals surface area (Å²) in [7, 11) is 1.87. The molecule has 0 saturated heterocycles. The first-order valence-electron chi connectivity index (χ1n) is 5.55. The van der Waals surface area contributed by atoms with E-state index in [0.717, 1.165) is 0 Å². The molecule has 1 rings (SSSR count). The van der Waals surface area contributed by atoms with Crippen LogP contribution in [0.25, 0.3) is 0 Å². The summed E-state index contributed by atoms with van der Waals surface area (Å²) in [6, 6.07) is 4.69. The number of nitrogens with two attached hydrogens (primary N) is 1. The number of hydrogen-bond donors (Lipinski definition) is 2. The fraction of sp³-hybridized carbons (Fsp3) is 0.500. The highest BCUT2D eigenvalue weighted by atomic mass is 19.1. The first kappa shape index (κ1) is 13.9. The van der Waals surface area contributed by atoms with Crippen molar-refractivity contribution in [1.82, 2.24) is 4.90 Å². The lowest BCUT2D eigenvalue weighted by atomic mass is 10.1. The van der Waals surface area contributed by atoms with Crippen LogP contribution in [0.3, 0.4) is 0 Å². The number of likely N-dealkylation sites (N-methyl/N-ethyl adjacent to an activating group) is 1. The van der Waals surface area contributed by atoms with E-state index >= 15 is 0 Å². The molecule has 0 radical (unpaired) electrons. The second-order valence-corrected chi connectivity index (χ2v) is 3.88. The molecule has 0 heterocycles. The minimum Gasteiger partial charge on any atom is -0.398 e. The van der Waals surface area contributed by atoms with Gasteiger partial charge in [-0.15, -0.1) is 0 Å². The van der Waals surface area contributed by atoms with Crippen LogP contribution in [0.5, 0.6) is 0 Å². The highest BCUT2D eigenvalue weighted by molar-refractivity contribution is 5.47. The van der Waals surface area contributed by atoms with Gasteiger partial charge in [0, 0.05) is 24.3 Å². The summed E-state index contributed by atoms with van der Waals surface area (Å²) in [6.45, 7) is 1.96. The summed E-state index contributed by atoms with van der Waals surface area (Å²) < 4.78 is 18.6. The Balaban J connectivity index is 2.42. The summed E-state index contributed by atoms with van der Waals surface area (Å²) in [5.41, 5.74) is 6.69. The van der Waals surface area contributed by atoms with Crippen molar-refractivity contribution in [2.75, 3.05) is 39.1 Å². The maximum absolute atomic E-state index is 13.5. The minimum atomic E-state index is -0.284. The molecule has 96 valence electrons. The zero-order chi connectivity index (χ0) is 12.7. The summed E-state index contributed by atoms with van der Waals surface area (Å²) in [6.07, 6.45) is 0. The average Bonchev–Trinajstić information content (AvgIpc) is 2.30. The van der Waals surface area contributed by atoms with Crippen LogP contribution in [-0.4, -0.2) is 43.4 Å². The van der Waals surface area contributed by atoms with Gasteiger partial charge in [-0.3, -0.25) is 4.90 Å². The van der Waals surface area contributed by atoms with E-state index < -0.39 is 0 Å². The third-order valence-corrected chi connectivity index (χ3v) is 2.44. The van der Waals surface area contributed by atoms with Crippen LogP contribution in [0.2, 0.25) is 0 Å². The Kier molecular flexibility index (Phi) is 5.90. The molecule has 0 amide bonds. The van der Waals surface area contributed by atoms with Crippen molar-refractivity contribution >= 4 is 5.69 Å². The van der Waals surface area contributed by atoms with Gasteiger partial charge in [0.2, 0.25) is 0 Å². The van der Waals surface area contributed by atoms with Gasteiger partial charge in [0.1, 0.15) is 5.82 Å². The van der Waals surface area contributed by atoms with E-state index in [4.69, 9.17) is 15.6 Å². The first-order chi connectivity index (χ1) is 8.15. The molecule has 4 nitrogen and oxygen atoms in total. The van der Waals surface area contributed by atoms with Crippen LogP contribution in [0.15, 0.2) is 18.2 Å². The Labute approximate surface area is 101 Å². The third-order valence-electron chi connectivity index (χ3n) is 2.44. The molecule has 0 bridgehead atoms. The standard InChI is InChI=1S/C12H19FN2O2/c1-15(5-7-17-8-6-16)9-10-11(13)3-2-4-12(10)14/h2-4,16H,5-9,14H2,1H3. The molecular weight excluding hydrogens is 223 g/mol. The Morgan fingerprint density at radius 2 is 2.18 bits per heavy atom. The zero-order valence-corrected chi connectivity index (χ0v) is 10.0. The van der Waals surface area contributed by atoms with Gasteiger partial charge in [-0.05, 0) is 19.2 Å². The fourth-order valence-electron chi connectivity index (χ4n) is 1.48. The molecular formula is C12H19FN2O2. The molecule has 0 unspecified atom stereocenters. The van der Waals surface area contributed by atoms with Crippen LogP contribution in [-0.2, 0) is 11.3 Å². The van der Waals surface area contributed by atoms with Gasteiger partial charge >= 0.3 is 0 Å². The quantitative estimate of drug-likeness (QED) is 0.549. The van der Waals surface area contributed by atoms with Crippen molar-refractivity contribution in [2.45, 2.75) is 6.54 Å². The van der Waals surface area contributed by atoms with Gasteiger partial charge in [0.15, 0.2) is 0 Å². The summed E-state index contributed by atoms with van der Waals surface area (Å²) in [4.78, 5) is 1.92. The highest BCUT2D eigenvalue weighted by Crippen LogP contribution is 2.16. The largest absolute Gasteiger partial charge is 0.398 e. The molecule has 0 aromatic heterocycles. The summed E-state index contributed by atoms with van der Waals surface area (Å²) in [5.74, 6) is -0.284. The number of aliphatic hydroxyl groups is 1. The number of hydrogen-bond acceptors (Lipinski definition) is 4. The number of ether oxygens (including phenoxy) is 1. The van der Waals surface area contributed by atoms with Crippen molar-refractivity contribution in [3.05, 3.63) is 29.6 Å². The van der Waals surface area contributed by atoms with Crippen molar-refractivity contribution in [3.8, 4) is 0 Å². The van der Waals surface area contributed by atoms with Crippen molar-refractivity contribution in [2.24, 2.45) is 0 Å². The Morgan fingerprint density at radius 1 is 1.41 bits per heavy atom. The maximum Gasteiger partial charge on any atom is 0.129 e. The van der Waals surface area contributed by atoms with Gasteiger partial charge in [0.25, 0.3) is 0 Å². The van der Waals surface area contributed by atoms with E-state index in [2.05, 4.69) is 0 Å². The molecule has 0 aliphatic heterocycles. The van der Waals surface area contributed by atoms with Gasteiger partial charge < -0.3 is 15.6 Å². The molecule has 3 N–H and O–H groups in total. The van der Waals surface area contributed by atoms with Gasteiger partial charge in [-0.2, -0.15) is 0 Å². The number of nitrogens with zero attached hydrogens (tertiary/aromatic N) is 1. The fourth-order valence-corrected chi connectivity index (χ4v) is 1.48. The highest BCUT2D eigenvalue weighted by Gasteiger charge is 2.08. The van der Waals surface area contributed by atoms with Crippen molar-refractivity contribution in [3.63, 3.8) is 0 Å². The van der Waals surface area contributed by atoms with Crippen LogP contribution < -0.4 is 5.73 Å². The molecule has 5 heteroatoms. The number of aliphatic hydroxyl groups excluding tert-OH is 1. The minimum absolute atomic E-state index is 0.0178. The summed E-state index contributed by atoms with van der Waals surface area (Å²) in [5, 5.41) is 8.53. The van der Waals surface area contributed by atoms with Crippen LogP contribution in [0.4, 0.5) is 10.1 Å². The molecule has 0 saturated carbocycles. The maximum atomic E-state index is 13.5. The van der Waals surface area contributed by atoms with Crippen LogP contribution in [0.1, 0.15) is 5.56 Å². The van der Waals surface area contributed by atoms with Gasteiger partial charge in [-0.1, -0.05) is 6.07 Å². The zero-order valence-electron chi connectivity index (χ0n) is 10.0. The Hall–Kier alpha value is -1.17. The molecule has 0 spiro atoms. The number of anilines is 1. The van der Waals surface area contributed by atoms with Crippen LogP contribution >= 0.6 is 0 Å². The lowest BCUT2D eigenvalue weighted by Gasteiger charge is -2.18. The molecule has 0 atom stereocenters. The smallest absolute Gasteiger partial charge is 0.129 e. The summed E-state index contributed by atoms with van der Waals surface area (Å²) >= 11 is 0. The second-order valence-electron chi connectivity index (χ2n) is 3.88. The lowest BCUT2D eigenvalue weighted by Crippen LogP contribution is -2.24. The topological polar surface area (TPSA) is 58.7 Å². The Morgan fingerprint density at radius 3 is 2.82 bits per heavy atom. The van der Waals surface area contributed by atoms with E-state index in [9.17, 15) is 4.39 Å². The predicted molar refractivity (Wildman–Crippen MR) is 65.1 cm³/mol. The number of nitrogen functional groups attached to an aromatic ring is 1. The molecule has 1 aromatic carbocycles. The average molecular weight is 242 g/mol. The number of benzene rings is 1. The predicted octanol–water partition coefficient (Wildman–Crippen LogP) is 0.849. The third kappa shape index (κ3) is 4.68. The first-order valence-corrected chi connectivity index (χ1v) is 5.55. The van der Waals surface area contributed by atoms with Gasteiger partial charge in [-0.25, -0.2) is 4.39 Å². The SMILES string of the molecule is CN(CCOCCO)Cc1c(N)cccc1F. The van der Waals surface area contributed by atoms with Crippen LogP contribution in [0, 0.1) is 5.82 Å². The van der Waals surface area contributed by atoms with E-state index in [1.165, 1.54) is 6.07 Å². The monoisotopic (exact) mass is 242 g/mol. The van der Waals surface area contributed by atoms with E-state index in [-0.39, 0.29) is 12.4 Å². The van der Waals surface area contributed by atoms with Crippen molar-refractivity contribution in [1.29, 1.82) is 0 Å². The second kappa shape index (κ2) is 7.21. The Bertz CT molecular complexity index is 327. The van der Waals surface area contributed by atoms with Crippen molar-refractivity contribution < 1.29 is 14.2 Å². The number of halogens is 1. The molecule has 17 heavy (non-hydrogen) atoms. The number of rotatable bonds is 7. The molecule has 0 aliphatic rings. The normalized spacial score (nSPS) is 11.1. The van der Waals surface area contributed by atoms with E-state index in [0.29, 0.717) is 37.6 Å². The lowest BCUT2D eigenvalue weighted by molar-refractivity contribution is 0.0771. The molecule has 1 aromatic rings. The van der Waals surface area contributed by atoms with E-state index in [1.54, 1.807) is 12.1 Å². The van der Waals surface area contributed by atoms with Gasteiger partial charge in [0.05, 0.1) is 19.8 Å². The molecule has 0 aliphatic carbocycles. The molecule has 0 fully saturated rings. The van der Waals surface area contributed by atoms with E-state index in [1.807, 2.05) is 11.9 Å².